The van der Waals surface area contributed by atoms with E-state index in [1.165, 1.54) is 18.3 Å². The minimum Gasteiger partial charge on any atom is -0.473 e. The fourth-order valence-corrected chi connectivity index (χ4v) is 2.39. The number of nitrogens with zero attached hydrogens (tertiary/aromatic N) is 2. The molecule has 0 radical (unpaired) electrons. The molecule has 26 heavy (non-hydrogen) atoms. The van der Waals surface area contributed by atoms with Crippen molar-refractivity contribution in [1.82, 2.24) is 9.97 Å². The van der Waals surface area contributed by atoms with Gasteiger partial charge in [-0.25, -0.2) is 9.37 Å². The van der Waals surface area contributed by atoms with Crippen molar-refractivity contribution in [3.05, 3.63) is 83.1 Å². The summed E-state index contributed by atoms with van der Waals surface area (Å²) in [4.78, 5) is 20.5. The van der Waals surface area contributed by atoms with Gasteiger partial charge in [-0.05, 0) is 54.8 Å². The molecule has 0 spiro atoms. The van der Waals surface area contributed by atoms with Gasteiger partial charge in [-0.3, -0.25) is 9.78 Å². The van der Waals surface area contributed by atoms with E-state index in [9.17, 15) is 9.18 Å². The van der Waals surface area contributed by atoms with Crippen LogP contribution >= 0.6 is 0 Å². The largest absolute Gasteiger partial charge is 0.473 e. The molecule has 0 aliphatic carbocycles. The summed E-state index contributed by atoms with van der Waals surface area (Å²) in [6, 6.07) is 10.0. The number of pyridine rings is 2. The summed E-state index contributed by atoms with van der Waals surface area (Å²) in [6.07, 6.45) is 4.81. The highest BCUT2D eigenvalue weighted by atomic mass is 19.1. The number of benzene rings is 1. The van der Waals surface area contributed by atoms with Gasteiger partial charge in [-0.1, -0.05) is 6.07 Å². The number of aromatic nitrogens is 2. The lowest BCUT2D eigenvalue weighted by Crippen LogP contribution is -2.15. The number of aryl methyl sites for hydroxylation is 2. The van der Waals surface area contributed by atoms with Gasteiger partial charge in [0.25, 0.3) is 5.91 Å². The molecule has 0 saturated carbocycles. The predicted molar refractivity (Wildman–Crippen MR) is 96.6 cm³/mol. The van der Waals surface area contributed by atoms with E-state index in [1.807, 2.05) is 12.1 Å². The van der Waals surface area contributed by atoms with Gasteiger partial charge < -0.3 is 10.1 Å². The molecule has 0 aliphatic rings. The Morgan fingerprint density at radius 3 is 2.62 bits per heavy atom. The third kappa shape index (κ3) is 4.22. The van der Waals surface area contributed by atoms with E-state index in [2.05, 4.69) is 15.3 Å². The quantitative estimate of drug-likeness (QED) is 0.753. The van der Waals surface area contributed by atoms with Crippen molar-refractivity contribution in [3.63, 3.8) is 0 Å². The van der Waals surface area contributed by atoms with E-state index in [0.29, 0.717) is 23.6 Å². The Bertz CT molecular complexity index is 930. The van der Waals surface area contributed by atoms with Crippen LogP contribution in [-0.4, -0.2) is 15.9 Å². The Morgan fingerprint density at radius 2 is 1.92 bits per heavy atom. The number of ether oxygens (including phenoxy) is 1. The van der Waals surface area contributed by atoms with E-state index in [1.54, 1.807) is 38.4 Å². The Morgan fingerprint density at radius 1 is 1.15 bits per heavy atom. The third-order valence-corrected chi connectivity index (χ3v) is 3.84. The summed E-state index contributed by atoms with van der Waals surface area (Å²) in [5.41, 5.74) is 2.94. The van der Waals surface area contributed by atoms with Crippen LogP contribution in [0.15, 0.2) is 55.0 Å². The van der Waals surface area contributed by atoms with Crippen molar-refractivity contribution in [2.45, 2.75) is 20.5 Å². The first-order valence-electron chi connectivity index (χ1n) is 8.09. The SMILES string of the molecule is Cc1ccc(NC(=O)c2cnc(OCc3ccncc3)cc2C)c(F)c1. The number of hydrogen-bond donors (Lipinski definition) is 1. The lowest BCUT2D eigenvalue weighted by molar-refractivity contribution is 0.102. The van der Waals surface area contributed by atoms with Crippen molar-refractivity contribution in [2.75, 3.05) is 5.32 Å². The molecule has 0 saturated heterocycles. The van der Waals surface area contributed by atoms with Gasteiger partial charge in [0.15, 0.2) is 0 Å². The van der Waals surface area contributed by atoms with E-state index in [-0.39, 0.29) is 5.69 Å². The molecule has 1 aromatic carbocycles. The van der Waals surface area contributed by atoms with Gasteiger partial charge in [-0.2, -0.15) is 0 Å². The molecule has 3 aromatic rings. The number of hydrogen-bond acceptors (Lipinski definition) is 4. The van der Waals surface area contributed by atoms with E-state index < -0.39 is 11.7 Å². The second-order valence-corrected chi connectivity index (χ2v) is 5.92. The number of amides is 1. The lowest BCUT2D eigenvalue weighted by atomic mass is 10.1. The smallest absolute Gasteiger partial charge is 0.257 e. The molecule has 0 aliphatic heterocycles. The Labute approximate surface area is 150 Å². The van der Waals surface area contributed by atoms with Gasteiger partial charge >= 0.3 is 0 Å². The Hall–Kier alpha value is -3.28. The summed E-state index contributed by atoms with van der Waals surface area (Å²) >= 11 is 0. The average Bonchev–Trinajstić information content (AvgIpc) is 2.63. The predicted octanol–water partition coefficient (Wildman–Crippen LogP) is 4.06. The highest BCUT2D eigenvalue weighted by Crippen LogP contribution is 2.19. The van der Waals surface area contributed by atoms with Crippen LogP contribution < -0.4 is 10.1 Å². The zero-order valence-corrected chi connectivity index (χ0v) is 14.5. The molecule has 132 valence electrons. The number of halogens is 1. The minimum absolute atomic E-state index is 0.137. The minimum atomic E-state index is -0.471. The van der Waals surface area contributed by atoms with Crippen LogP contribution in [0.1, 0.15) is 27.0 Å². The zero-order chi connectivity index (χ0) is 18.5. The van der Waals surface area contributed by atoms with Crippen molar-refractivity contribution in [2.24, 2.45) is 0 Å². The highest BCUT2D eigenvalue weighted by molar-refractivity contribution is 6.05. The van der Waals surface area contributed by atoms with Gasteiger partial charge in [0.1, 0.15) is 12.4 Å². The fourth-order valence-electron chi connectivity index (χ4n) is 2.39. The molecule has 2 aromatic heterocycles. The van der Waals surface area contributed by atoms with E-state index in [0.717, 1.165) is 11.1 Å². The molecular formula is C20H18FN3O2. The lowest BCUT2D eigenvalue weighted by Gasteiger charge is -2.11. The second-order valence-electron chi connectivity index (χ2n) is 5.92. The standard InChI is InChI=1S/C20H18FN3O2/c1-13-3-4-18(17(21)9-13)24-20(25)16-11-23-19(10-14(16)2)26-12-15-5-7-22-8-6-15/h3-11H,12H2,1-2H3,(H,24,25). The van der Waals surface area contributed by atoms with Gasteiger partial charge in [0.2, 0.25) is 5.88 Å². The fraction of sp³-hybridized carbons (Fsp3) is 0.150. The zero-order valence-electron chi connectivity index (χ0n) is 14.5. The van der Waals surface area contributed by atoms with Crippen molar-refractivity contribution in [1.29, 1.82) is 0 Å². The normalized spacial score (nSPS) is 10.4. The molecule has 0 unspecified atom stereocenters. The maximum Gasteiger partial charge on any atom is 0.257 e. The maximum atomic E-state index is 13.9. The maximum absolute atomic E-state index is 13.9. The average molecular weight is 351 g/mol. The summed E-state index contributed by atoms with van der Waals surface area (Å²) in [7, 11) is 0. The summed E-state index contributed by atoms with van der Waals surface area (Å²) in [5, 5.41) is 2.57. The van der Waals surface area contributed by atoms with Crippen molar-refractivity contribution >= 4 is 11.6 Å². The van der Waals surface area contributed by atoms with Crippen LogP contribution in [0.25, 0.3) is 0 Å². The monoisotopic (exact) mass is 351 g/mol. The number of carbonyl (C=O) groups is 1. The molecule has 2 heterocycles. The van der Waals surface area contributed by atoms with Crippen LogP contribution in [-0.2, 0) is 6.61 Å². The second kappa shape index (κ2) is 7.74. The molecule has 3 rings (SSSR count). The van der Waals surface area contributed by atoms with Gasteiger partial charge in [0, 0.05) is 24.7 Å². The van der Waals surface area contributed by atoms with Crippen molar-refractivity contribution < 1.29 is 13.9 Å². The number of rotatable bonds is 5. The molecule has 1 N–H and O–H groups in total. The van der Waals surface area contributed by atoms with E-state index >= 15 is 0 Å². The summed E-state index contributed by atoms with van der Waals surface area (Å²) in [5.74, 6) is -0.475. The summed E-state index contributed by atoms with van der Waals surface area (Å²) in [6.45, 7) is 3.92. The number of carbonyl (C=O) groups excluding carboxylic acids is 1. The number of nitrogens with one attached hydrogen (secondary N) is 1. The van der Waals surface area contributed by atoms with Crippen LogP contribution in [0, 0.1) is 19.7 Å². The third-order valence-electron chi connectivity index (χ3n) is 3.84. The van der Waals surface area contributed by atoms with Crippen LogP contribution in [0.3, 0.4) is 0 Å². The topological polar surface area (TPSA) is 64.1 Å². The van der Waals surface area contributed by atoms with Crippen LogP contribution in [0.2, 0.25) is 0 Å². The number of anilines is 1. The first-order chi connectivity index (χ1) is 12.5. The van der Waals surface area contributed by atoms with E-state index in [4.69, 9.17) is 4.74 Å². The van der Waals surface area contributed by atoms with Gasteiger partial charge in [0.05, 0.1) is 11.3 Å². The van der Waals surface area contributed by atoms with Crippen molar-refractivity contribution in [3.8, 4) is 5.88 Å². The molecular weight excluding hydrogens is 333 g/mol. The Kier molecular flexibility index (Phi) is 5.22. The molecule has 1 amide bonds. The van der Waals surface area contributed by atoms with Crippen LogP contribution in [0.5, 0.6) is 5.88 Å². The molecule has 6 heteroatoms. The van der Waals surface area contributed by atoms with Gasteiger partial charge in [-0.15, -0.1) is 0 Å². The molecule has 0 fully saturated rings. The summed E-state index contributed by atoms with van der Waals surface area (Å²) < 4.78 is 19.5. The first kappa shape index (κ1) is 17.5. The first-order valence-corrected chi connectivity index (χ1v) is 8.09. The Balaban J connectivity index is 1.69. The molecule has 5 nitrogen and oxygen atoms in total. The molecule has 0 bridgehead atoms. The highest BCUT2D eigenvalue weighted by Gasteiger charge is 2.13. The van der Waals surface area contributed by atoms with Crippen LogP contribution in [0.4, 0.5) is 10.1 Å². The molecule has 0 atom stereocenters.